The predicted octanol–water partition coefficient (Wildman–Crippen LogP) is 16.2. The van der Waals surface area contributed by atoms with Crippen LogP contribution in [0.3, 0.4) is 0 Å². The summed E-state index contributed by atoms with van der Waals surface area (Å²) in [6, 6.07) is 22.3. The Morgan fingerprint density at radius 2 is 0.783 bits per heavy atom. The molecule has 8 bridgehead atoms. The van der Waals surface area contributed by atoms with E-state index in [1.165, 1.54) is 38.5 Å². The third-order valence-corrected chi connectivity index (χ3v) is 17.8. The molecule has 362 valence electrons. The van der Waals surface area contributed by atoms with Crippen molar-refractivity contribution in [1.29, 1.82) is 0 Å². The number of hydrogen-bond acceptors (Lipinski definition) is 3. The molecule has 69 heavy (non-hydrogen) atoms. The summed E-state index contributed by atoms with van der Waals surface area (Å²) < 4.78 is 50.8. The molecular weight excluding hydrogens is 1030 g/mol. The Morgan fingerprint density at radius 1 is 0.464 bits per heavy atom. The van der Waals surface area contributed by atoms with E-state index < -0.39 is 11.7 Å². The molecule has 0 radical (unpaired) electrons. The molecule has 1 heterocycles. The van der Waals surface area contributed by atoms with Gasteiger partial charge in [-0.15, -0.1) is 0 Å². The van der Waals surface area contributed by atoms with Crippen molar-refractivity contribution in [3.8, 4) is 56.3 Å². The number of halogens is 3. The van der Waals surface area contributed by atoms with Crippen LogP contribution in [0.1, 0.15) is 158 Å². The van der Waals surface area contributed by atoms with Crippen molar-refractivity contribution in [3.05, 3.63) is 112 Å². The molecule has 0 N–H and O–H groups in total. The van der Waals surface area contributed by atoms with Crippen molar-refractivity contribution in [3.63, 3.8) is 0 Å². The first-order chi connectivity index (χ1) is 32.5. The van der Waals surface area contributed by atoms with E-state index in [0.29, 0.717) is 68.9 Å². The van der Waals surface area contributed by atoms with Crippen molar-refractivity contribution >= 4 is 0 Å². The zero-order valence-corrected chi connectivity index (χ0v) is 46.4. The van der Waals surface area contributed by atoms with Crippen LogP contribution in [0.4, 0.5) is 13.2 Å². The van der Waals surface area contributed by atoms with Crippen LogP contribution in [0, 0.1) is 49.4 Å². The number of nitrogens with zero attached hydrogens (tertiary/aromatic N) is 1. The summed E-state index contributed by atoms with van der Waals surface area (Å²) in [5, 5.41) is 30.6. The van der Waals surface area contributed by atoms with Crippen LogP contribution in [0.5, 0.6) is 11.5 Å². The first-order valence-electron chi connectivity index (χ1n) is 26.1. The van der Waals surface area contributed by atoms with E-state index in [0.717, 1.165) is 84.0 Å². The number of benzene rings is 4. The maximum atomic E-state index is 15.4. The molecular formula is C62H72F3HfNO2. The average Bonchev–Trinajstić information content (AvgIpc) is 3.25. The zero-order chi connectivity index (χ0) is 49.2. The van der Waals surface area contributed by atoms with Crippen LogP contribution >= 0.6 is 0 Å². The molecule has 0 spiro atoms. The second kappa shape index (κ2) is 17.5. The Balaban J connectivity index is 0.00000180. The van der Waals surface area contributed by atoms with Gasteiger partial charge in [0.15, 0.2) is 0 Å². The third kappa shape index (κ3) is 9.02. The monoisotopic (exact) mass is 1100 g/mol. The van der Waals surface area contributed by atoms with Gasteiger partial charge >= 0.3 is 38.4 Å². The Kier molecular flexibility index (Phi) is 12.4. The molecule has 0 unspecified atom stereocenters. The maximum absolute atomic E-state index is 15.4. The summed E-state index contributed by atoms with van der Waals surface area (Å²) in [6.45, 7) is 16.9. The molecule has 1 aromatic heterocycles. The Bertz CT molecular complexity index is 2560. The fourth-order valence-electron chi connectivity index (χ4n) is 15.4. The van der Waals surface area contributed by atoms with Crippen LogP contribution < -0.4 is 10.2 Å². The summed E-state index contributed by atoms with van der Waals surface area (Å²) >= 11 is 0.0833. The minimum atomic E-state index is -4.69. The van der Waals surface area contributed by atoms with E-state index in [2.05, 4.69) is 63.0 Å². The molecule has 0 atom stereocenters. The van der Waals surface area contributed by atoms with Gasteiger partial charge in [-0.25, -0.2) is 4.98 Å². The first kappa shape index (κ1) is 48.9. The van der Waals surface area contributed by atoms with Gasteiger partial charge in [0.2, 0.25) is 0 Å². The number of alkyl halides is 3. The Morgan fingerprint density at radius 3 is 1.07 bits per heavy atom. The second-order valence-corrected chi connectivity index (χ2v) is 29.0. The van der Waals surface area contributed by atoms with Crippen molar-refractivity contribution in [2.24, 2.45) is 35.5 Å². The summed E-state index contributed by atoms with van der Waals surface area (Å²) in [5.41, 5.74) is 7.53. The minimum absolute atomic E-state index is 0.000226. The van der Waals surface area contributed by atoms with Gasteiger partial charge < -0.3 is 10.2 Å². The van der Waals surface area contributed by atoms with Gasteiger partial charge in [0.1, 0.15) is 0 Å². The van der Waals surface area contributed by atoms with Gasteiger partial charge in [0.25, 0.3) is 0 Å². The molecule has 0 saturated heterocycles. The van der Waals surface area contributed by atoms with Gasteiger partial charge in [-0.2, -0.15) is 13.2 Å². The molecule has 5 aromatic rings. The normalized spacial score (nSPS) is 27.8. The number of rotatable bonds is 6. The predicted molar refractivity (Wildman–Crippen MR) is 268 cm³/mol. The van der Waals surface area contributed by atoms with Crippen LogP contribution in [-0.4, -0.2) is 4.98 Å². The standard InChI is InChI=1S/C60H68F3NO2.2CH3.Hf/c1-33-9-11-44(48-21-41(56(3,4)5)23-50(54(48)65)58-27-35-15-36(28-58)17-37(16-35)29-58)46(13-33)52-25-43(60(61,62)63)26-53(64-52)47-14-34(2)10-12-45(47)49-22-42(57(6,7)8)24-51(55(49)66)59-30-38-18-39(31-59)20-40(19-38)32-59;;;/h9-14,21-26,35-40,65-66H,15-20,27-32H2,1-8H3;2*1H3;/q;;;+2/p-2. The van der Waals surface area contributed by atoms with Gasteiger partial charge in [-0.1, -0.05) is 113 Å². The van der Waals surface area contributed by atoms with Crippen LogP contribution in [0.2, 0.25) is 9.36 Å². The third-order valence-electron chi connectivity index (χ3n) is 17.8. The summed E-state index contributed by atoms with van der Waals surface area (Å²) in [4.78, 5) is 5.19. The van der Waals surface area contributed by atoms with Crippen molar-refractivity contribution in [2.75, 3.05) is 0 Å². The van der Waals surface area contributed by atoms with E-state index in [9.17, 15) is 0 Å². The number of aromatic nitrogens is 1. The summed E-state index contributed by atoms with van der Waals surface area (Å²) in [7, 11) is 0. The first-order valence-corrected chi connectivity index (χ1v) is 33.3. The van der Waals surface area contributed by atoms with E-state index in [4.69, 9.17) is 4.98 Å². The molecule has 7 heteroatoms. The molecule has 13 rings (SSSR count). The quantitative estimate of drug-likeness (QED) is 0.159. The van der Waals surface area contributed by atoms with Crippen LogP contribution in [-0.2, 0) is 50.7 Å². The average molecular weight is 1100 g/mol. The molecule has 8 aliphatic rings. The van der Waals surface area contributed by atoms with Crippen molar-refractivity contribution in [1.82, 2.24) is 4.98 Å². The molecule has 8 aliphatic carbocycles. The van der Waals surface area contributed by atoms with Crippen molar-refractivity contribution in [2.45, 2.75) is 170 Å². The molecule has 4 aromatic carbocycles. The second-order valence-electron chi connectivity index (χ2n) is 25.4. The van der Waals surface area contributed by atoms with E-state index >= 15 is 23.4 Å². The Labute approximate surface area is 421 Å². The number of hydrogen-bond donors (Lipinski definition) is 0. The zero-order valence-electron chi connectivity index (χ0n) is 42.8. The van der Waals surface area contributed by atoms with Gasteiger partial charge in [-0.05, 0) is 217 Å². The topological polar surface area (TPSA) is 59.0 Å². The van der Waals surface area contributed by atoms with Crippen molar-refractivity contribution < 1.29 is 46.3 Å². The number of aryl methyl sites for hydroxylation is 2. The molecule has 8 saturated carbocycles. The van der Waals surface area contributed by atoms with Crippen LogP contribution in [0.15, 0.2) is 72.8 Å². The van der Waals surface area contributed by atoms with Crippen LogP contribution in [0.25, 0.3) is 44.8 Å². The van der Waals surface area contributed by atoms with E-state index in [-0.39, 0.29) is 67.5 Å². The molecule has 0 aliphatic heterocycles. The summed E-state index contributed by atoms with van der Waals surface area (Å²) in [6.07, 6.45) is 9.07. The molecule has 8 fully saturated rings. The van der Waals surface area contributed by atoms with Gasteiger partial charge in [0, 0.05) is 11.1 Å². The number of pyridine rings is 1. The van der Waals surface area contributed by atoms with E-state index in [1.807, 2.05) is 62.4 Å². The molecule has 0 amide bonds. The summed E-state index contributed by atoms with van der Waals surface area (Å²) in [5.74, 6) is 3.85. The Hall–Kier alpha value is -3.71. The fourth-order valence-corrected chi connectivity index (χ4v) is 15.4. The molecule has 3 nitrogen and oxygen atoms in total. The fraction of sp³-hybridized carbons (Fsp3) is 0.532. The SMILES string of the molecule is Cc1ccc(-c2cc(C(C)(C)C)cc(C34CC5CC(CC(C5)C3)C4)c2[O-])c(-c2cc(C(F)(F)F)cc(-c3cc(C)ccc3-c3cc(C(C)(C)C)cc(C45CC6CC(CC(C6)C4)C5)c3[O-])n2)c1.[CH3][Hf+2][CH3]. The van der Waals surface area contributed by atoms with E-state index in [1.54, 1.807) is 0 Å². The van der Waals surface area contributed by atoms with Gasteiger partial charge in [-0.3, -0.25) is 0 Å². The van der Waals surface area contributed by atoms with Gasteiger partial charge in [0.05, 0.1) is 17.0 Å².